The summed E-state index contributed by atoms with van der Waals surface area (Å²) in [6.45, 7) is 4.18. The smallest absolute Gasteiger partial charge is 0.173 e. The van der Waals surface area contributed by atoms with Gasteiger partial charge in [-0.05, 0) is 28.8 Å². The number of halogens is 1. The Kier molecular flexibility index (Phi) is 5.76. The van der Waals surface area contributed by atoms with Crippen LogP contribution >= 0.6 is 15.9 Å². The zero-order valence-corrected chi connectivity index (χ0v) is 8.02. The topological polar surface area (TPSA) is 9.23 Å². The van der Waals surface area contributed by atoms with E-state index in [-0.39, 0.29) is 5.01 Å². The van der Waals surface area contributed by atoms with E-state index >= 15 is 0 Å². The molecule has 0 amide bonds. The molecule has 1 atom stereocenters. The van der Waals surface area contributed by atoms with Gasteiger partial charge in [-0.3, -0.25) is 0 Å². The lowest BCUT2D eigenvalue weighted by Gasteiger charge is -2.14. The molecule has 58 valence electrons. The molecule has 0 fully saturated rings. The van der Waals surface area contributed by atoms with Crippen molar-refractivity contribution in [3.05, 3.63) is 0 Å². The minimum absolute atomic E-state index is 0.225. The van der Waals surface area contributed by atoms with E-state index in [1.165, 1.54) is 0 Å². The van der Waals surface area contributed by atoms with Crippen molar-refractivity contribution < 1.29 is 4.74 Å². The third-order valence-electron chi connectivity index (χ3n) is 1.35. The monoisotopic (exact) mass is 204 g/mol. The summed E-state index contributed by atoms with van der Waals surface area (Å²) in [5.41, 5.74) is 0. The molecule has 0 saturated heterocycles. The first-order valence-electron chi connectivity index (χ1n) is 3.50. The van der Waals surface area contributed by atoms with Crippen LogP contribution in [0.2, 0.25) is 0 Å². The summed E-state index contributed by atoms with van der Waals surface area (Å²) in [5, 5.41) is -0.225. The Balaban J connectivity index is 3.54. The highest BCUT2D eigenvalue weighted by molar-refractivity contribution is 9.09. The number of hydrogen-bond donors (Lipinski definition) is 0. The van der Waals surface area contributed by atoms with Gasteiger partial charge in [0.2, 0.25) is 0 Å². The second kappa shape index (κ2) is 5.76. The average Bonchev–Trinajstić information content (AvgIpc) is 1.99. The molecule has 0 saturated carbocycles. The largest absolute Gasteiger partial charge is 0.352 e. The van der Waals surface area contributed by atoms with E-state index in [0.717, 1.165) is 12.8 Å². The minimum Gasteiger partial charge on any atom is -0.352 e. The highest BCUT2D eigenvalue weighted by Crippen LogP contribution is 2.09. The lowest BCUT2D eigenvalue weighted by atomic mass is 10.2. The fourth-order valence-electron chi connectivity index (χ4n) is 0.689. The standard InChI is InChI=1S/C8H13BrO/c1-4-7(5-2)10-8(9)6-3/h3,7-8H,4-5H2,1-2H3. The molecule has 0 aliphatic carbocycles. The van der Waals surface area contributed by atoms with Crippen LogP contribution in [0.4, 0.5) is 0 Å². The van der Waals surface area contributed by atoms with Crippen LogP contribution in [-0.2, 0) is 4.74 Å². The summed E-state index contributed by atoms with van der Waals surface area (Å²) in [6, 6.07) is 0. The molecule has 0 aromatic carbocycles. The maximum absolute atomic E-state index is 5.38. The van der Waals surface area contributed by atoms with Crippen molar-refractivity contribution in [1.29, 1.82) is 0 Å². The van der Waals surface area contributed by atoms with Crippen LogP contribution in [0.1, 0.15) is 26.7 Å². The van der Waals surface area contributed by atoms with Gasteiger partial charge in [-0.15, -0.1) is 6.42 Å². The Morgan fingerprint density at radius 1 is 1.50 bits per heavy atom. The van der Waals surface area contributed by atoms with Gasteiger partial charge in [0, 0.05) is 0 Å². The molecule has 0 bridgehead atoms. The molecule has 0 aliphatic heterocycles. The van der Waals surface area contributed by atoms with E-state index < -0.39 is 0 Å². The van der Waals surface area contributed by atoms with Gasteiger partial charge in [0.05, 0.1) is 6.10 Å². The van der Waals surface area contributed by atoms with Gasteiger partial charge >= 0.3 is 0 Å². The number of rotatable bonds is 4. The molecule has 0 N–H and O–H groups in total. The van der Waals surface area contributed by atoms with Crippen molar-refractivity contribution in [1.82, 2.24) is 0 Å². The molecule has 0 aromatic heterocycles. The molecule has 0 heterocycles. The maximum Gasteiger partial charge on any atom is 0.173 e. The third-order valence-corrected chi connectivity index (χ3v) is 1.83. The molecule has 2 heteroatoms. The molecule has 1 unspecified atom stereocenters. The van der Waals surface area contributed by atoms with Gasteiger partial charge in [0.1, 0.15) is 0 Å². The summed E-state index contributed by atoms with van der Waals surface area (Å²) < 4.78 is 5.38. The normalized spacial score (nSPS) is 13.1. The van der Waals surface area contributed by atoms with Crippen LogP contribution in [0.15, 0.2) is 0 Å². The molecular weight excluding hydrogens is 192 g/mol. The molecule has 0 aliphatic rings. The van der Waals surface area contributed by atoms with Crippen LogP contribution in [0.3, 0.4) is 0 Å². The first kappa shape index (κ1) is 10.0. The highest BCUT2D eigenvalue weighted by atomic mass is 79.9. The van der Waals surface area contributed by atoms with Gasteiger partial charge in [-0.1, -0.05) is 19.8 Å². The number of ether oxygens (including phenoxy) is 1. The van der Waals surface area contributed by atoms with E-state index in [1.807, 2.05) is 0 Å². The molecule has 0 spiro atoms. The Morgan fingerprint density at radius 3 is 2.30 bits per heavy atom. The van der Waals surface area contributed by atoms with Gasteiger partial charge in [0.15, 0.2) is 5.01 Å². The second-order valence-electron chi connectivity index (χ2n) is 2.06. The Hall–Kier alpha value is -0.0000000000000000208. The maximum atomic E-state index is 5.38. The zero-order valence-electron chi connectivity index (χ0n) is 6.43. The molecule has 1 nitrogen and oxygen atoms in total. The van der Waals surface area contributed by atoms with Crippen LogP contribution in [0.25, 0.3) is 0 Å². The number of terminal acetylenes is 1. The Morgan fingerprint density at radius 2 is 2.00 bits per heavy atom. The van der Waals surface area contributed by atoms with Crippen molar-refractivity contribution in [2.45, 2.75) is 37.8 Å². The van der Waals surface area contributed by atoms with E-state index in [0.29, 0.717) is 6.10 Å². The quantitative estimate of drug-likeness (QED) is 0.506. The van der Waals surface area contributed by atoms with Gasteiger partial charge in [0.25, 0.3) is 0 Å². The highest BCUT2D eigenvalue weighted by Gasteiger charge is 2.07. The average molecular weight is 205 g/mol. The van der Waals surface area contributed by atoms with Crippen LogP contribution in [-0.4, -0.2) is 11.1 Å². The molecule has 0 aromatic rings. The SMILES string of the molecule is C#CC(Br)OC(CC)CC. The summed E-state index contributed by atoms with van der Waals surface area (Å²) in [5.74, 6) is 2.46. The van der Waals surface area contributed by atoms with E-state index in [9.17, 15) is 0 Å². The van der Waals surface area contributed by atoms with Crippen LogP contribution in [0, 0.1) is 12.3 Å². The van der Waals surface area contributed by atoms with Crippen molar-refractivity contribution in [3.63, 3.8) is 0 Å². The van der Waals surface area contributed by atoms with E-state index in [4.69, 9.17) is 11.2 Å². The summed E-state index contributed by atoms with van der Waals surface area (Å²) >= 11 is 3.20. The second-order valence-corrected chi connectivity index (χ2v) is 2.89. The summed E-state index contributed by atoms with van der Waals surface area (Å²) in [7, 11) is 0. The van der Waals surface area contributed by atoms with Crippen molar-refractivity contribution in [2.75, 3.05) is 0 Å². The van der Waals surface area contributed by atoms with E-state index in [2.05, 4.69) is 35.7 Å². The molecule has 0 radical (unpaired) electrons. The lowest BCUT2D eigenvalue weighted by Crippen LogP contribution is -2.14. The van der Waals surface area contributed by atoms with Crippen LogP contribution < -0.4 is 0 Å². The zero-order chi connectivity index (χ0) is 7.98. The predicted octanol–water partition coefficient (Wildman–Crippen LogP) is 2.55. The first-order chi connectivity index (χ1) is 4.74. The van der Waals surface area contributed by atoms with Gasteiger partial charge in [-0.2, -0.15) is 0 Å². The number of alkyl halides is 1. The fraction of sp³-hybridized carbons (Fsp3) is 0.750. The predicted molar refractivity (Wildman–Crippen MR) is 47.0 cm³/mol. The Bertz CT molecular complexity index is 113. The van der Waals surface area contributed by atoms with Crippen molar-refractivity contribution in [3.8, 4) is 12.3 Å². The lowest BCUT2D eigenvalue weighted by molar-refractivity contribution is 0.0585. The minimum atomic E-state index is -0.225. The fourth-order valence-corrected chi connectivity index (χ4v) is 0.995. The van der Waals surface area contributed by atoms with Crippen LogP contribution in [0.5, 0.6) is 0 Å². The summed E-state index contributed by atoms with van der Waals surface area (Å²) in [6.07, 6.45) is 7.43. The third kappa shape index (κ3) is 3.92. The molecule has 10 heavy (non-hydrogen) atoms. The number of hydrogen-bond acceptors (Lipinski definition) is 1. The molecule has 0 rings (SSSR count). The first-order valence-corrected chi connectivity index (χ1v) is 4.41. The van der Waals surface area contributed by atoms with Crippen molar-refractivity contribution >= 4 is 15.9 Å². The van der Waals surface area contributed by atoms with Crippen molar-refractivity contribution in [2.24, 2.45) is 0 Å². The molecular formula is C8H13BrO. The van der Waals surface area contributed by atoms with Gasteiger partial charge in [-0.25, -0.2) is 0 Å². The Labute approximate surface area is 71.3 Å². The summed E-state index contributed by atoms with van der Waals surface area (Å²) in [4.78, 5) is 0. The van der Waals surface area contributed by atoms with E-state index in [1.54, 1.807) is 0 Å². The van der Waals surface area contributed by atoms with Gasteiger partial charge < -0.3 is 4.74 Å².